The number of hydrogen-bond acceptors (Lipinski definition) is 4. The fraction of sp³-hybridized carbons (Fsp3) is 0.619. The van der Waals surface area contributed by atoms with E-state index in [-0.39, 0.29) is 35.7 Å². The summed E-state index contributed by atoms with van der Waals surface area (Å²) in [7, 11) is 1.72. The molecule has 0 aliphatic carbocycles. The first kappa shape index (κ1) is 23.4. The van der Waals surface area contributed by atoms with Crippen molar-refractivity contribution in [2.24, 2.45) is 11.3 Å². The predicted molar refractivity (Wildman–Crippen MR) is 116 cm³/mol. The van der Waals surface area contributed by atoms with Crippen molar-refractivity contribution in [3.05, 3.63) is 30.3 Å². The van der Waals surface area contributed by atoms with Crippen LogP contribution in [0.4, 0.5) is 10.5 Å². The van der Waals surface area contributed by atoms with Crippen molar-refractivity contribution >= 4 is 30.0 Å². The minimum absolute atomic E-state index is 0. The molecule has 29 heavy (non-hydrogen) atoms. The quantitative estimate of drug-likeness (QED) is 0.655. The lowest BCUT2D eigenvalue weighted by Gasteiger charge is -2.38. The molecule has 0 spiro atoms. The van der Waals surface area contributed by atoms with Crippen LogP contribution in [-0.4, -0.2) is 63.3 Å². The minimum Gasteiger partial charge on any atom is -0.384 e. The number of carbonyl (C=O) groups excluding carboxylic acids is 2. The molecule has 1 atom stereocenters. The summed E-state index contributed by atoms with van der Waals surface area (Å²) in [4.78, 5) is 27.1. The van der Waals surface area contributed by atoms with E-state index in [1.807, 2.05) is 30.3 Å². The van der Waals surface area contributed by atoms with E-state index in [1.165, 1.54) is 0 Å². The zero-order valence-corrected chi connectivity index (χ0v) is 17.9. The highest BCUT2D eigenvalue weighted by Gasteiger charge is 2.34. The second-order valence-electron chi connectivity index (χ2n) is 7.98. The molecule has 0 radical (unpaired) electrons. The lowest BCUT2D eigenvalue weighted by molar-refractivity contribution is -0.127. The largest absolute Gasteiger partial charge is 0.384 e. The SMILES string of the molecule is COCC1(CNC(=O)C2CCCN(C(=O)Nc3ccccc3)C2)CCNCC1.Cl. The van der Waals surface area contributed by atoms with Crippen LogP contribution in [0.3, 0.4) is 0 Å². The average Bonchev–Trinajstić information content (AvgIpc) is 2.74. The smallest absolute Gasteiger partial charge is 0.321 e. The number of nitrogens with one attached hydrogen (secondary N) is 3. The fourth-order valence-electron chi connectivity index (χ4n) is 4.15. The molecule has 0 saturated carbocycles. The van der Waals surface area contributed by atoms with Gasteiger partial charge in [0.15, 0.2) is 0 Å². The lowest BCUT2D eigenvalue weighted by atomic mass is 9.79. The molecular formula is C21H33ClN4O3. The number of urea groups is 1. The Kier molecular flexibility index (Phi) is 9.20. The number of hydrogen-bond donors (Lipinski definition) is 3. The third-order valence-electron chi connectivity index (χ3n) is 5.86. The van der Waals surface area contributed by atoms with E-state index in [9.17, 15) is 9.59 Å². The molecule has 2 fully saturated rings. The van der Waals surface area contributed by atoms with Crippen molar-refractivity contribution in [2.45, 2.75) is 25.7 Å². The number of rotatable bonds is 6. The van der Waals surface area contributed by atoms with Crippen molar-refractivity contribution in [3.8, 4) is 0 Å². The van der Waals surface area contributed by atoms with E-state index in [2.05, 4.69) is 16.0 Å². The first-order chi connectivity index (χ1) is 13.6. The van der Waals surface area contributed by atoms with E-state index in [4.69, 9.17) is 4.74 Å². The molecule has 2 saturated heterocycles. The van der Waals surface area contributed by atoms with Crippen molar-refractivity contribution in [1.82, 2.24) is 15.5 Å². The van der Waals surface area contributed by atoms with Crippen molar-refractivity contribution < 1.29 is 14.3 Å². The molecule has 0 bridgehead atoms. The maximum atomic E-state index is 12.8. The van der Waals surface area contributed by atoms with Gasteiger partial charge in [0.2, 0.25) is 5.91 Å². The summed E-state index contributed by atoms with van der Waals surface area (Å²) >= 11 is 0. The number of halogens is 1. The summed E-state index contributed by atoms with van der Waals surface area (Å²) in [5, 5.41) is 9.43. The van der Waals surface area contributed by atoms with Crippen LogP contribution in [0.25, 0.3) is 0 Å². The predicted octanol–water partition coefficient (Wildman–Crippen LogP) is 2.48. The molecule has 2 heterocycles. The molecule has 3 N–H and O–H groups in total. The van der Waals surface area contributed by atoms with Crippen LogP contribution in [0.2, 0.25) is 0 Å². The summed E-state index contributed by atoms with van der Waals surface area (Å²) in [6.07, 6.45) is 3.65. The molecule has 162 valence electrons. The zero-order valence-electron chi connectivity index (χ0n) is 17.1. The monoisotopic (exact) mass is 424 g/mol. The van der Waals surface area contributed by atoms with Gasteiger partial charge in [-0.1, -0.05) is 18.2 Å². The Hall–Kier alpha value is -1.83. The Morgan fingerprint density at radius 3 is 2.66 bits per heavy atom. The second-order valence-corrected chi connectivity index (χ2v) is 7.98. The summed E-state index contributed by atoms with van der Waals surface area (Å²) in [5.74, 6) is -0.109. The van der Waals surface area contributed by atoms with Gasteiger partial charge in [-0.2, -0.15) is 0 Å². The molecule has 0 aromatic heterocycles. The standard InChI is InChI=1S/C21H32N4O3.ClH/c1-28-16-21(9-11-22-12-10-21)15-23-19(26)17-6-5-13-25(14-17)20(27)24-18-7-3-2-4-8-18;/h2-4,7-8,17,22H,5-6,9-16H2,1H3,(H,23,26)(H,24,27);1H. The molecule has 7 nitrogen and oxygen atoms in total. The maximum absolute atomic E-state index is 12.8. The second kappa shape index (κ2) is 11.4. The van der Waals surface area contributed by atoms with Gasteiger partial charge < -0.3 is 25.6 Å². The molecule has 2 aliphatic heterocycles. The Labute approximate surface area is 179 Å². The Bertz CT molecular complexity index is 647. The third kappa shape index (κ3) is 6.59. The highest BCUT2D eigenvalue weighted by molar-refractivity contribution is 5.90. The van der Waals surface area contributed by atoms with Gasteiger partial charge in [0, 0.05) is 37.8 Å². The number of piperidine rings is 2. The van der Waals surface area contributed by atoms with Crippen molar-refractivity contribution in [3.63, 3.8) is 0 Å². The van der Waals surface area contributed by atoms with Gasteiger partial charge in [-0.05, 0) is 50.9 Å². The van der Waals surface area contributed by atoms with Gasteiger partial charge in [-0.25, -0.2) is 4.79 Å². The molecule has 8 heteroatoms. The van der Waals surface area contributed by atoms with Gasteiger partial charge in [0.25, 0.3) is 0 Å². The third-order valence-corrected chi connectivity index (χ3v) is 5.86. The number of carbonyl (C=O) groups is 2. The number of likely N-dealkylation sites (tertiary alicyclic amines) is 1. The Balaban J connectivity index is 0.00000300. The van der Waals surface area contributed by atoms with Crippen LogP contribution in [0.5, 0.6) is 0 Å². The topological polar surface area (TPSA) is 82.7 Å². The highest BCUT2D eigenvalue weighted by Crippen LogP contribution is 2.28. The number of anilines is 1. The van der Waals surface area contributed by atoms with E-state index in [0.717, 1.165) is 44.5 Å². The minimum atomic E-state index is -0.156. The van der Waals surface area contributed by atoms with E-state index in [0.29, 0.717) is 26.2 Å². The molecule has 1 unspecified atom stereocenters. The highest BCUT2D eigenvalue weighted by atomic mass is 35.5. The molecule has 3 amide bonds. The van der Waals surface area contributed by atoms with Crippen LogP contribution in [0, 0.1) is 11.3 Å². The summed E-state index contributed by atoms with van der Waals surface area (Å²) in [6.45, 7) is 4.34. The van der Waals surface area contributed by atoms with Crippen molar-refractivity contribution in [1.29, 1.82) is 0 Å². The van der Waals surface area contributed by atoms with Crippen LogP contribution < -0.4 is 16.0 Å². The molecule has 2 aliphatic rings. The number of nitrogens with zero attached hydrogens (tertiary/aromatic N) is 1. The zero-order chi connectivity index (χ0) is 19.8. The molecule has 3 rings (SSSR count). The number of benzene rings is 1. The number of para-hydroxylation sites is 1. The van der Waals surface area contributed by atoms with Gasteiger partial charge in [-0.15, -0.1) is 12.4 Å². The summed E-state index contributed by atoms with van der Waals surface area (Å²) in [5.41, 5.74) is 0.779. The maximum Gasteiger partial charge on any atom is 0.321 e. The van der Waals surface area contributed by atoms with Gasteiger partial charge in [0.1, 0.15) is 0 Å². The van der Waals surface area contributed by atoms with Gasteiger partial charge in [0.05, 0.1) is 12.5 Å². The fourth-order valence-corrected chi connectivity index (χ4v) is 4.15. The van der Waals surface area contributed by atoms with E-state index >= 15 is 0 Å². The van der Waals surface area contributed by atoms with Crippen LogP contribution >= 0.6 is 12.4 Å². The van der Waals surface area contributed by atoms with E-state index in [1.54, 1.807) is 12.0 Å². The number of ether oxygens (including phenoxy) is 1. The van der Waals surface area contributed by atoms with Gasteiger partial charge >= 0.3 is 6.03 Å². The summed E-state index contributed by atoms with van der Waals surface area (Å²) < 4.78 is 5.43. The first-order valence-corrected chi connectivity index (χ1v) is 10.2. The van der Waals surface area contributed by atoms with Gasteiger partial charge in [-0.3, -0.25) is 4.79 Å². The normalized spacial score (nSPS) is 21.0. The molecule has 1 aromatic rings. The van der Waals surface area contributed by atoms with Crippen LogP contribution in [-0.2, 0) is 9.53 Å². The first-order valence-electron chi connectivity index (χ1n) is 10.2. The Morgan fingerprint density at radius 2 is 1.97 bits per heavy atom. The molecular weight excluding hydrogens is 392 g/mol. The number of amides is 3. The Morgan fingerprint density at radius 1 is 1.24 bits per heavy atom. The van der Waals surface area contributed by atoms with E-state index < -0.39 is 0 Å². The number of methoxy groups -OCH3 is 1. The van der Waals surface area contributed by atoms with Crippen molar-refractivity contribution in [2.75, 3.05) is 51.8 Å². The van der Waals surface area contributed by atoms with Crippen LogP contribution in [0.15, 0.2) is 30.3 Å². The average molecular weight is 425 g/mol. The van der Waals surface area contributed by atoms with Crippen LogP contribution in [0.1, 0.15) is 25.7 Å². The lowest BCUT2D eigenvalue weighted by Crippen LogP contribution is -2.51. The molecule has 1 aromatic carbocycles. The summed E-state index contributed by atoms with van der Waals surface area (Å²) in [6, 6.07) is 9.27.